The first kappa shape index (κ1) is 28.5. The summed E-state index contributed by atoms with van der Waals surface area (Å²) in [7, 11) is 0.954. The van der Waals surface area contributed by atoms with Crippen molar-refractivity contribution >= 4 is 7.60 Å². The molecule has 0 rings (SSSR count). The van der Waals surface area contributed by atoms with Gasteiger partial charge in [-0.3, -0.25) is 4.57 Å². The van der Waals surface area contributed by atoms with Gasteiger partial charge >= 0.3 is 7.60 Å². The van der Waals surface area contributed by atoms with Crippen molar-refractivity contribution in [1.82, 2.24) is 0 Å². The number of rotatable bonds is 18. The molecule has 3 N–H and O–H groups in total. The number of hydrogen-bond acceptors (Lipinski definition) is 2. The SMILES string of the molecule is CCC/C=C\CCC/C=C\CCCCCCCCC(O)(C[N+](C)(C)C)P(=O)(O)O. The summed E-state index contributed by atoms with van der Waals surface area (Å²) in [6, 6.07) is 0. The number of unbranched alkanes of at least 4 members (excludes halogenated alkanes) is 9. The van der Waals surface area contributed by atoms with Crippen molar-refractivity contribution in [3.05, 3.63) is 24.3 Å². The van der Waals surface area contributed by atoms with Crippen LogP contribution in [0.1, 0.15) is 90.4 Å². The van der Waals surface area contributed by atoms with Gasteiger partial charge in [0.05, 0.1) is 21.1 Å². The number of nitrogens with zero attached hydrogens (tertiary/aromatic N) is 1. The van der Waals surface area contributed by atoms with E-state index in [-0.39, 0.29) is 13.0 Å². The highest BCUT2D eigenvalue weighted by Gasteiger charge is 2.48. The molecule has 172 valence electrons. The molecule has 6 heteroatoms. The molecule has 5 nitrogen and oxygen atoms in total. The first-order valence-electron chi connectivity index (χ1n) is 11.4. The lowest BCUT2D eigenvalue weighted by molar-refractivity contribution is -0.875. The minimum atomic E-state index is -4.55. The van der Waals surface area contributed by atoms with Crippen molar-refractivity contribution in [3.8, 4) is 0 Å². The van der Waals surface area contributed by atoms with Crippen LogP contribution in [0.5, 0.6) is 0 Å². The zero-order chi connectivity index (χ0) is 22.2. The van der Waals surface area contributed by atoms with Gasteiger partial charge in [-0.25, -0.2) is 0 Å². The predicted octanol–water partition coefficient (Wildman–Crippen LogP) is 5.76. The van der Waals surface area contributed by atoms with Crippen molar-refractivity contribution < 1.29 is 23.9 Å². The largest absolute Gasteiger partial charge is 0.373 e. The van der Waals surface area contributed by atoms with Gasteiger partial charge in [0.25, 0.3) is 0 Å². The van der Waals surface area contributed by atoms with E-state index in [1.807, 2.05) is 21.1 Å². The summed E-state index contributed by atoms with van der Waals surface area (Å²) in [5, 5.41) is 8.59. The fourth-order valence-corrected chi connectivity index (χ4v) is 4.50. The Morgan fingerprint density at radius 3 is 1.69 bits per heavy atom. The van der Waals surface area contributed by atoms with Crippen molar-refractivity contribution in [3.63, 3.8) is 0 Å². The quantitative estimate of drug-likeness (QED) is 0.111. The minimum Gasteiger partial charge on any atom is -0.373 e. The van der Waals surface area contributed by atoms with Gasteiger partial charge in [-0.05, 0) is 51.4 Å². The Balaban J connectivity index is 3.76. The van der Waals surface area contributed by atoms with Crippen LogP contribution in [0.2, 0.25) is 0 Å². The van der Waals surface area contributed by atoms with E-state index in [2.05, 4.69) is 31.2 Å². The lowest BCUT2D eigenvalue weighted by Crippen LogP contribution is -2.49. The molecular formula is C23H47NO4P+. The number of likely N-dealkylation sites (N-methyl/N-ethyl adjacent to an activating group) is 1. The molecule has 0 saturated carbocycles. The van der Waals surface area contributed by atoms with E-state index in [4.69, 9.17) is 0 Å². The van der Waals surface area contributed by atoms with Gasteiger partial charge < -0.3 is 19.4 Å². The van der Waals surface area contributed by atoms with Gasteiger partial charge in [-0.15, -0.1) is 0 Å². The zero-order valence-corrected chi connectivity index (χ0v) is 20.2. The van der Waals surface area contributed by atoms with Crippen LogP contribution >= 0.6 is 7.60 Å². The maximum Gasteiger partial charge on any atom is 0.362 e. The van der Waals surface area contributed by atoms with Gasteiger partial charge in [0.15, 0.2) is 0 Å². The van der Waals surface area contributed by atoms with Gasteiger partial charge in [0.2, 0.25) is 5.34 Å². The lowest BCUT2D eigenvalue weighted by Gasteiger charge is -2.35. The Morgan fingerprint density at radius 2 is 1.21 bits per heavy atom. The average Bonchev–Trinajstić information content (AvgIpc) is 2.59. The highest BCUT2D eigenvalue weighted by atomic mass is 31.2. The molecule has 0 heterocycles. The monoisotopic (exact) mass is 432 g/mol. The van der Waals surface area contributed by atoms with E-state index in [1.54, 1.807) is 0 Å². The van der Waals surface area contributed by atoms with Crippen LogP contribution in [0.25, 0.3) is 0 Å². The molecule has 0 aliphatic heterocycles. The Labute approximate surface area is 179 Å². The first-order valence-corrected chi connectivity index (χ1v) is 13.0. The van der Waals surface area contributed by atoms with Gasteiger partial charge in [-0.1, -0.05) is 63.3 Å². The van der Waals surface area contributed by atoms with E-state index < -0.39 is 12.9 Å². The molecule has 29 heavy (non-hydrogen) atoms. The van der Waals surface area contributed by atoms with E-state index in [0.29, 0.717) is 10.9 Å². The van der Waals surface area contributed by atoms with Crippen LogP contribution in [0.15, 0.2) is 24.3 Å². The molecule has 0 amide bonds. The third-order valence-corrected chi connectivity index (χ3v) is 6.45. The third-order valence-electron chi connectivity index (χ3n) is 5.00. The van der Waals surface area contributed by atoms with Crippen LogP contribution in [-0.4, -0.2) is 52.4 Å². The van der Waals surface area contributed by atoms with Crippen molar-refractivity contribution in [2.45, 2.75) is 95.7 Å². The highest BCUT2D eigenvalue weighted by Crippen LogP contribution is 2.52. The van der Waals surface area contributed by atoms with Crippen LogP contribution < -0.4 is 0 Å². The lowest BCUT2D eigenvalue weighted by atomic mass is 10.1. The van der Waals surface area contributed by atoms with Gasteiger partial charge in [-0.2, -0.15) is 0 Å². The molecule has 0 fully saturated rings. The normalized spacial score (nSPS) is 15.4. The van der Waals surface area contributed by atoms with Crippen LogP contribution in [0.4, 0.5) is 0 Å². The van der Waals surface area contributed by atoms with Gasteiger partial charge in [0.1, 0.15) is 6.54 Å². The molecule has 0 spiro atoms. The molecule has 0 bridgehead atoms. The molecular weight excluding hydrogens is 385 g/mol. The maximum atomic E-state index is 11.7. The standard InChI is InChI=1S/C23H46NO4P/c1-5-6-7-8-9-10-11-12-13-14-15-16-17-18-19-20-21-23(25,29(26,27)28)22-24(2,3)4/h7-8,12-13,25H,5-6,9-11,14-22H2,1-4H3,(H-,26,27,28)/p+1/b8-7-,13-12-. The Kier molecular flexibility index (Phi) is 15.1. The summed E-state index contributed by atoms with van der Waals surface area (Å²) in [6.07, 6.45) is 22.5. The molecule has 1 atom stereocenters. The molecule has 0 saturated heterocycles. The number of allylic oxidation sites excluding steroid dienone is 4. The van der Waals surface area contributed by atoms with Gasteiger partial charge in [0, 0.05) is 0 Å². The van der Waals surface area contributed by atoms with Crippen LogP contribution in [0, 0.1) is 0 Å². The second-order valence-corrected chi connectivity index (χ2v) is 11.2. The Morgan fingerprint density at radius 1 is 0.759 bits per heavy atom. The molecule has 0 aromatic carbocycles. The molecule has 0 aliphatic rings. The Hall–Kier alpha value is -0.450. The summed E-state index contributed by atoms with van der Waals surface area (Å²) < 4.78 is 12.1. The fourth-order valence-electron chi connectivity index (χ4n) is 3.45. The van der Waals surface area contributed by atoms with Crippen molar-refractivity contribution in [2.75, 3.05) is 27.7 Å². The fraction of sp³-hybridized carbons (Fsp3) is 0.826. The highest BCUT2D eigenvalue weighted by molar-refractivity contribution is 7.53. The predicted molar refractivity (Wildman–Crippen MR) is 124 cm³/mol. The number of quaternary nitrogens is 1. The summed E-state index contributed by atoms with van der Waals surface area (Å²) in [5.74, 6) is 0. The van der Waals surface area contributed by atoms with E-state index >= 15 is 0 Å². The van der Waals surface area contributed by atoms with E-state index in [9.17, 15) is 19.5 Å². The summed E-state index contributed by atoms with van der Waals surface area (Å²) >= 11 is 0. The molecule has 0 aromatic heterocycles. The van der Waals surface area contributed by atoms with Crippen molar-refractivity contribution in [1.29, 1.82) is 0 Å². The summed E-state index contributed by atoms with van der Waals surface area (Å²) in [4.78, 5) is 19.1. The second-order valence-electron chi connectivity index (χ2n) is 9.30. The van der Waals surface area contributed by atoms with Crippen LogP contribution in [0.3, 0.4) is 0 Å². The topological polar surface area (TPSA) is 77.8 Å². The van der Waals surface area contributed by atoms with Crippen LogP contribution in [-0.2, 0) is 4.57 Å². The molecule has 0 aliphatic carbocycles. The maximum absolute atomic E-state index is 11.7. The molecule has 0 aromatic rings. The third kappa shape index (κ3) is 16.0. The second kappa shape index (κ2) is 15.4. The summed E-state index contributed by atoms with van der Waals surface area (Å²) in [6.45, 7) is 2.26. The van der Waals surface area contributed by atoms with Crippen molar-refractivity contribution in [2.24, 2.45) is 0 Å². The average molecular weight is 433 g/mol. The van der Waals surface area contributed by atoms with E-state index in [1.165, 1.54) is 38.5 Å². The Bertz CT molecular complexity index is 507. The minimum absolute atomic E-state index is 0.0542. The zero-order valence-electron chi connectivity index (χ0n) is 19.4. The van der Waals surface area contributed by atoms with E-state index in [0.717, 1.165) is 32.1 Å². The first-order chi connectivity index (χ1) is 13.5. The smallest absolute Gasteiger partial charge is 0.362 e. The molecule has 1 unspecified atom stereocenters. The number of aliphatic hydroxyl groups is 1. The summed E-state index contributed by atoms with van der Waals surface area (Å²) in [5.41, 5.74) is 0. The number of hydrogen-bond donors (Lipinski definition) is 3. The molecule has 0 radical (unpaired) electrons.